The molecule has 0 heterocycles. The van der Waals surface area contributed by atoms with E-state index >= 15 is 0 Å². The topological polar surface area (TPSA) is 0 Å². The Balaban J connectivity index is -0.0000000886. The normalized spacial score (nSPS) is 8.55. The van der Waals surface area contributed by atoms with Crippen molar-refractivity contribution < 1.29 is 10.9 Å². The zero-order chi connectivity index (χ0) is 9.86. The second-order valence-corrected chi connectivity index (χ2v) is 13.1. The van der Waals surface area contributed by atoms with Crippen molar-refractivity contribution >= 4 is 44.3 Å². The Kier molecular flexibility index (Phi) is 31.3. The molecule has 0 N–H and O–H groups in total. The molecule has 0 fully saturated rings. The summed E-state index contributed by atoms with van der Waals surface area (Å²) in [6.07, 6.45) is 0. The standard InChI is InChI=1S/2C3H9P.2BrH.Ni/c2*1-4(2)3;;;/h2*1-3H3;2*1H;/q;;;;+2/p-2. The quantitative estimate of drug-likeness (QED) is 0.438. The van der Waals surface area contributed by atoms with Gasteiger partial charge in [-0.05, 0) is 40.0 Å². The van der Waals surface area contributed by atoms with Gasteiger partial charge in [-0.25, -0.2) is 0 Å². The van der Waals surface area contributed by atoms with E-state index in [1.165, 1.54) is 10.9 Å². The average Bonchev–Trinajstić information content (AvgIpc) is 1.60. The van der Waals surface area contributed by atoms with Gasteiger partial charge in [0, 0.05) is 0 Å². The fourth-order valence-electron chi connectivity index (χ4n) is 0. The van der Waals surface area contributed by atoms with Crippen LogP contribution in [-0.2, 0) is 10.9 Å². The minimum absolute atomic E-state index is 0.380. The predicted octanol–water partition coefficient (Wildman–Crippen LogP) is 4.40. The maximum absolute atomic E-state index is 3.00. The van der Waals surface area contributed by atoms with E-state index in [1.807, 2.05) is 0 Å². The summed E-state index contributed by atoms with van der Waals surface area (Å²) >= 11 is 6.00. The third kappa shape index (κ3) is 245. The van der Waals surface area contributed by atoms with Gasteiger partial charge in [0.25, 0.3) is 0 Å². The number of hydrogen-bond acceptors (Lipinski definition) is 0. The molecule has 0 atom stereocenters. The van der Waals surface area contributed by atoms with Crippen LogP contribution in [0, 0.1) is 0 Å². The van der Waals surface area contributed by atoms with Gasteiger partial charge in [0.1, 0.15) is 0 Å². The Bertz CT molecular complexity index is 42.3. The molecule has 0 spiro atoms. The van der Waals surface area contributed by atoms with E-state index in [4.69, 9.17) is 0 Å². The molecule has 0 saturated carbocycles. The van der Waals surface area contributed by atoms with Crippen molar-refractivity contribution in [2.45, 2.75) is 0 Å². The van der Waals surface area contributed by atoms with Gasteiger partial charge in [-0.2, -0.15) is 0 Å². The van der Waals surface area contributed by atoms with E-state index in [9.17, 15) is 0 Å². The van der Waals surface area contributed by atoms with Gasteiger partial charge in [-0.15, -0.1) is 15.8 Å². The van der Waals surface area contributed by atoms with Crippen molar-refractivity contribution in [3.8, 4) is 0 Å². The molecule has 0 aliphatic heterocycles. The van der Waals surface area contributed by atoms with Crippen LogP contribution in [0.4, 0.5) is 0 Å². The van der Waals surface area contributed by atoms with Crippen LogP contribution >= 0.6 is 44.3 Å². The number of hydrogen-bond donors (Lipinski definition) is 0. The summed E-state index contributed by atoms with van der Waals surface area (Å²) in [6, 6.07) is 0. The van der Waals surface area contributed by atoms with Crippen LogP contribution in [0.2, 0.25) is 0 Å². The van der Waals surface area contributed by atoms with Gasteiger partial charge < -0.3 is 0 Å². The Morgan fingerprint density at radius 3 is 0.727 bits per heavy atom. The molecule has 0 aromatic carbocycles. The van der Waals surface area contributed by atoms with Gasteiger partial charge in [-0.1, -0.05) is 0 Å². The molecule has 0 aromatic rings. The van der Waals surface area contributed by atoms with Crippen LogP contribution in [0.5, 0.6) is 0 Å². The first-order valence-corrected chi connectivity index (χ1v) is 13.2. The fraction of sp³-hybridized carbons (Fsp3) is 1.00. The van der Waals surface area contributed by atoms with Gasteiger partial charge >= 0.3 is 39.3 Å². The van der Waals surface area contributed by atoms with Gasteiger partial charge in [-0.3, -0.25) is 0 Å². The zero-order valence-corrected chi connectivity index (χ0v) is 13.9. The molecule has 0 bridgehead atoms. The maximum atomic E-state index is 3.00. The van der Waals surface area contributed by atoms with E-state index in [1.54, 1.807) is 0 Å². The Hall–Kier alpha value is 2.31. The Morgan fingerprint density at radius 1 is 0.727 bits per heavy atom. The molecule has 0 aliphatic carbocycles. The van der Waals surface area contributed by atoms with E-state index in [0.29, 0.717) is 15.8 Å². The number of rotatable bonds is 0. The van der Waals surface area contributed by atoms with Crippen molar-refractivity contribution in [3.63, 3.8) is 0 Å². The van der Waals surface area contributed by atoms with Gasteiger partial charge in [0.05, 0.1) is 0 Å². The van der Waals surface area contributed by atoms with Crippen LogP contribution in [0.15, 0.2) is 0 Å². The van der Waals surface area contributed by atoms with Gasteiger partial charge in [0.2, 0.25) is 0 Å². The third-order valence-electron chi connectivity index (χ3n) is 0. The second-order valence-electron chi connectivity index (χ2n) is 2.73. The summed E-state index contributed by atoms with van der Waals surface area (Å²) in [4.78, 5) is 0. The molecule has 11 heavy (non-hydrogen) atoms. The summed E-state index contributed by atoms with van der Waals surface area (Å²) in [5.41, 5.74) is 0. The van der Waals surface area contributed by atoms with Crippen molar-refractivity contribution in [2.75, 3.05) is 40.0 Å². The molecule has 0 radical (unpaired) electrons. The van der Waals surface area contributed by atoms with Crippen molar-refractivity contribution in [1.29, 1.82) is 0 Å². The molecule has 0 nitrogen and oxygen atoms in total. The average molecular weight is 371 g/mol. The second kappa shape index (κ2) is 18.2. The fourth-order valence-corrected chi connectivity index (χ4v) is 0. The zero-order valence-electron chi connectivity index (χ0n) is 7.97. The molecule has 0 aliphatic rings. The first-order chi connectivity index (χ1) is 4.88. The SMILES string of the molecule is CP(C)C.CP(C)C.[Br][Ni][Br]. The van der Waals surface area contributed by atoms with Crippen LogP contribution in [-0.4, -0.2) is 40.0 Å². The molecule has 5 heteroatoms. The summed E-state index contributed by atoms with van der Waals surface area (Å²) in [5, 5.41) is 0. The summed E-state index contributed by atoms with van der Waals surface area (Å²) in [7, 11) is 2.01. The van der Waals surface area contributed by atoms with Gasteiger partial charge in [0.15, 0.2) is 0 Å². The molecular weight excluding hydrogens is 353 g/mol. The minimum atomic E-state index is 0.380. The van der Waals surface area contributed by atoms with Crippen molar-refractivity contribution in [2.24, 2.45) is 0 Å². The monoisotopic (exact) mass is 368 g/mol. The van der Waals surface area contributed by atoms with Crippen molar-refractivity contribution in [1.82, 2.24) is 0 Å². The number of halogens is 2. The van der Waals surface area contributed by atoms with E-state index in [2.05, 4.69) is 68.4 Å². The van der Waals surface area contributed by atoms with Crippen LogP contribution in [0.3, 0.4) is 0 Å². The molecule has 0 rings (SSSR count). The molecule has 0 saturated heterocycles. The summed E-state index contributed by atoms with van der Waals surface area (Å²) in [5.74, 6) is 0. The predicted molar refractivity (Wildman–Crippen MR) is 67.2 cm³/mol. The summed E-state index contributed by atoms with van der Waals surface area (Å²) in [6.45, 7) is 13.4. The van der Waals surface area contributed by atoms with E-state index < -0.39 is 0 Å². The first-order valence-electron chi connectivity index (χ1n) is 2.92. The molecular formula is C6H18Br2NiP2. The van der Waals surface area contributed by atoms with Crippen molar-refractivity contribution in [3.05, 3.63) is 0 Å². The molecule has 76 valence electrons. The first kappa shape index (κ1) is 19.0. The Morgan fingerprint density at radius 2 is 0.727 bits per heavy atom. The Labute approximate surface area is 94.5 Å². The molecule has 0 amide bonds. The summed E-state index contributed by atoms with van der Waals surface area (Å²) < 4.78 is 0. The van der Waals surface area contributed by atoms with E-state index in [-0.39, 0.29) is 0 Å². The van der Waals surface area contributed by atoms with Crippen LogP contribution in [0.25, 0.3) is 0 Å². The van der Waals surface area contributed by atoms with Crippen LogP contribution in [0.1, 0.15) is 0 Å². The molecule has 0 aromatic heterocycles. The molecule has 0 unspecified atom stereocenters. The van der Waals surface area contributed by atoms with E-state index in [0.717, 1.165) is 0 Å². The van der Waals surface area contributed by atoms with Crippen LogP contribution < -0.4 is 0 Å². The third-order valence-corrected chi connectivity index (χ3v) is 0.